The molecule has 0 fully saturated rings. The first-order chi connectivity index (χ1) is 9.15. The lowest BCUT2D eigenvalue weighted by Gasteiger charge is -2.10. The molecule has 4 heteroatoms. The van der Waals surface area contributed by atoms with Crippen LogP contribution in [0.5, 0.6) is 5.75 Å². The maximum Gasteiger partial charge on any atom is 0.305 e. The fourth-order valence-electron chi connectivity index (χ4n) is 1.74. The summed E-state index contributed by atoms with van der Waals surface area (Å²) in [6.45, 7) is 4.85. The zero-order chi connectivity index (χ0) is 14.1. The monoisotopic (exact) mass is 265 g/mol. The molecule has 0 spiro atoms. The quantitative estimate of drug-likeness (QED) is 0.446. The molecule has 0 aromatic heterocycles. The molecular weight excluding hydrogens is 242 g/mol. The van der Waals surface area contributed by atoms with Crippen LogP contribution < -0.4 is 10.5 Å². The second kappa shape index (κ2) is 8.40. The number of carbonyl (C=O) groups excluding carboxylic acids is 1. The second-order valence-electron chi connectivity index (χ2n) is 4.45. The minimum Gasteiger partial charge on any atom is -0.491 e. The molecule has 0 aliphatic rings. The van der Waals surface area contributed by atoms with Gasteiger partial charge in [0.1, 0.15) is 5.75 Å². The van der Waals surface area contributed by atoms with Crippen LogP contribution in [-0.2, 0) is 9.53 Å². The number of carbonyl (C=O) groups is 1. The maximum absolute atomic E-state index is 11.1. The van der Waals surface area contributed by atoms with Crippen molar-refractivity contribution < 1.29 is 14.3 Å². The van der Waals surface area contributed by atoms with Crippen molar-refractivity contribution in [1.82, 2.24) is 0 Å². The van der Waals surface area contributed by atoms with Gasteiger partial charge in [0.15, 0.2) is 0 Å². The molecule has 1 aromatic carbocycles. The van der Waals surface area contributed by atoms with Crippen LogP contribution in [0.15, 0.2) is 18.2 Å². The molecule has 2 N–H and O–H groups in total. The average Bonchev–Trinajstić information content (AvgIpc) is 2.38. The first kappa shape index (κ1) is 15.3. The molecule has 0 saturated heterocycles. The van der Waals surface area contributed by atoms with Crippen molar-refractivity contribution >= 4 is 11.7 Å². The zero-order valence-electron chi connectivity index (χ0n) is 11.8. The number of para-hydroxylation sites is 1. The Morgan fingerprint density at radius 2 is 2.05 bits per heavy atom. The van der Waals surface area contributed by atoms with E-state index in [-0.39, 0.29) is 5.97 Å². The number of benzene rings is 1. The van der Waals surface area contributed by atoms with Gasteiger partial charge in [0.05, 0.1) is 18.9 Å². The van der Waals surface area contributed by atoms with Crippen molar-refractivity contribution in [3.05, 3.63) is 23.8 Å². The summed E-state index contributed by atoms with van der Waals surface area (Å²) in [5.41, 5.74) is 7.64. The van der Waals surface area contributed by atoms with Crippen molar-refractivity contribution in [2.75, 3.05) is 18.9 Å². The van der Waals surface area contributed by atoms with Crippen molar-refractivity contribution in [2.45, 2.75) is 39.5 Å². The van der Waals surface area contributed by atoms with Gasteiger partial charge in [-0.2, -0.15) is 0 Å². The van der Waals surface area contributed by atoms with Crippen LogP contribution in [0.3, 0.4) is 0 Å². The maximum atomic E-state index is 11.1. The molecule has 0 amide bonds. The van der Waals surface area contributed by atoms with Gasteiger partial charge in [0.2, 0.25) is 0 Å². The zero-order valence-corrected chi connectivity index (χ0v) is 11.8. The molecule has 0 saturated carbocycles. The van der Waals surface area contributed by atoms with Gasteiger partial charge in [0.25, 0.3) is 0 Å². The number of rotatable bonds is 8. The van der Waals surface area contributed by atoms with Crippen LogP contribution in [0.25, 0.3) is 0 Å². The summed E-state index contributed by atoms with van der Waals surface area (Å²) in [6.07, 6.45) is 3.18. The Morgan fingerprint density at radius 1 is 1.26 bits per heavy atom. The Bertz CT molecular complexity index is 404. The lowest BCUT2D eigenvalue weighted by molar-refractivity contribution is -0.143. The Morgan fingerprint density at radius 3 is 2.79 bits per heavy atom. The van der Waals surface area contributed by atoms with E-state index in [0.717, 1.165) is 30.6 Å². The van der Waals surface area contributed by atoms with Crippen molar-refractivity contribution in [3.63, 3.8) is 0 Å². The Labute approximate surface area is 114 Å². The van der Waals surface area contributed by atoms with Gasteiger partial charge in [0, 0.05) is 6.42 Å². The minimum atomic E-state index is -0.119. The molecule has 0 aliphatic heterocycles. The first-order valence-electron chi connectivity index (χ1n) is 6.78. The number of anilines is 1. The standard InChI is InChI=1S/C15H23NO3/c1-3-18-14(17)10-5-4-6-11-19-13-9-7-8-12(2)15(13)16/h7-9H,3-6,10-11,16H2,1-2H3. The van der Waals surface area contributed by atoms with Crippen molar-refractivity contribution in [1.29, 1.82) is 0 Å². The van der Waals surface area contributed by atoms with Crippen LogP contribution in [0, 0.1) is 6.92 Å². The van der Waals surface area contributed by atoms with Crippen LogP contribution in [0.2, 0.25) is 0 Å². The molecule has 0 radical (unpaired) electrons. The molecule has 0 heterocycles. The highest BCUT2D eigenvalue weighted by Crippen LogP contribution is 2.24. The molecule has 0 aliphatic carbocycles. The molecule has 4 nitrogen and oxygen atoms in total. The fourth-order valence-corrected chi connectivity index (χ4v) is 1.74. The molecule has 0 bridgehead atoms. The van der Waals surface area contributed by atoms with Crippen LogP contribution in [-0.4, -0.2) is 19.2 Å². The van der Waals surface area contributed by atoms with Crippen molar-refractivity contribution in [2.24, 2.45) is 0 Å². The van der Waals surface area contributed by atoms with Gasteiger partial charge in [-0.15, -0.1) is 0 Å². The fraction of sp³-hybridized carbons (Fsp3) is 0.533. The van der Waals surface area contributed by atoms with E-state index in [2.05, 4.69) is 0 Å². The Balaban J connectivity index is 2.14. The van der Waals surface area contributed by atoms with Crippen LogP contribution >= 0.6 is 0 Å². The number of unbranched alkanes of at least 4 members (excludes halogenated alkanes) is 2. The smallest absolute Gasteiger partial charge is 0.305 e. The largest absolute Gasteiger partial charge is 0.491 e. The molecular formula is C15H23NO3. The number of hydrogen-bond acceptors (Lipinski definition) is 4. The first-order valence-corrected chi connectivity index (χ1v) is 6.78. The molecule has 106 valence electrons. The van der Waals surface area contributed by atoms with Gasteiger partial charge >= 0.3 is 5.97 Å². The highest BCUT2D eigenvalue weighted by Gasteiger charge is 2.03. The number of ether oxygens (including phenoxy) is 2. The topological polar surface area (TPSA) is 61.5 Å². The normalized spacial score (nSPS) is 10.2. The van der Waals surface area contributed by atoms with E-state index < -0.39 is 0 Å². The third kappa shape index (κ3) is 5.64. The molecule has 1 aromatic rings. The average molecular weight is 265 g/mol. The van der Waals surface area contributed by atoms with E-state index in [1.165, 1.54) is 0 Å². The number of hydrogen-bond donors (Lipinski definition) is 1. The van der Waals surface area contributed by atoms with Crippen LogP contribution in [0.1, 0.15) is 38.2 Å². The van der Waals surface area contributed by atoms with E-state index >= 15 is 0 Å². The van der Waals surface area contributed by atoms with Gasteiger partial charge in [-0.25, -0.2) is 0 Å². The van der Waals surface area contributed by atoms with Crippen molar-refractivity contribution in [3.8, 4) is 5.75 Å². The molecule has 19 heavy (non-hydrogen) atoms. The number of aryl methyl sites for hydroxylation is 1. The summed E-state index contributed by atoms with van der Waals surface area (Å²) in [5, 5.41) is 0. The predicted molar refractivity (Wildman–Crippen MR) is 76.2 cm³/mol. The summed E-state index contributed by atoms with van der Waals surface area (Å²) in [7, 11) is 0. The lowest BCUT2D eigenvalue weighted by Crippen LogP contribution is -2.04. The SMILES string of the molecule is CCOC(=O)CCCCCOc1cccc(C)c1N. The second-order valence-corrected chi connectivity index (χ2v) is 4.45. The summed E-state index contributed by atoms with van der Waals surface area (Å²) in [6, 6.07) is 5.77. The summed E-state index contributed by atoms with van der Waals surface area (Å²) in [5.74, 6) is 0.622. The number of nitrogen functional groups attached to an aromatic ring is 1. The highest BCUT2D eigenvalue weighted by atomic mass is 16.5. The van der Waals surface area contributed by atoms with E-state index in [4.69, 9.17) is 15.2 Å². The van der Waals surface area contributed by atoms with E-state index in [9.17, 15) is 4.79 Å². The molecule has 0 unspecified atom stereocenters. The Kier molecular flexibility index (Phi) is 6.79. The van der Waals surface area contributed by atoms with Gasteiger partial charge in [-0.05, 0) is 44.7 Å². The van der Waals surface area contributed by atoms with E-state index in [1.807, 2.05) is 32.0 Å². The molecule has 0 atom stereocenters. The minimum absolute atomic E-state index is 0.119. The lowest BCUT2D eigenvalue weighted by atomic mass is 10.2. The number of nitrogens with two attached hydrogens (primary N) is 1. The summed E-state index contributed by atoms with van der Waals surface area (Å²) < 4.78 is 10.5. The van der Waals surface area contributed by atoms with Gasteiger partial charge in [-0.3, -0.25) is 4.79 Å². The summed E-state index contributed by atoms with van der Waals surface area (Å²) in [4.78, 5) is 11.1. The van der Waals surface area contributed by atoms with E-state index in [1.54, 1.807) is 0 Å². The van der Waals surface area contributed by atoms with Crippen LogP contribution in [0.4, 0.5) is 5.69 Å². The Hall–Kier alpha value is -1.71. The predicted octanol–water partition coefficient (Wildman–Crippen LogP) is 3.08. The highest BCUT2D eigenvalue weighted by molar-refractivity contribution is 5.69. The summed E-state index contributed by atoms with van der Waals surface area (Å²) >= 11 is 0. The van der Waals surface area contributed by atoms with Gasteiger partial charge < -0.3 is 15.2 Å². The third-order valence-corrected chi connectivity index (χ3v) is 2.87. The van der Waals surface area contributed by atoms with E-state index in [0.29, 0.717) is 25.3 Å². The number of esters is 1. The molecule has 1 rings (SSSR count). The third-order valence-electron chi connectivity index (χ3n) is 2.87. The van der Waals surface area contributed by atoms with Gasteiger partial charge in [-0.1, -0.05) is 12.1 Å².